The highest BCUT2D eigenvalue weighted by atomic mass is 16.5. The lowest BCUT2D eigenvalue weighted by molar-refractivity contribution is 0.0359. The molecule has 2 fully saturated rings. The fourth-order valence-corrected chi connectivity index (χ4v) is 5.06. The quantitative estimate of drug-likeness (QED) is 0.321. The van der Waals surface area contributed by atoms with Crippen LogP contribution >= 0.6 is 0 Å². The lowest BCUT2D eigenvalue weighted by Gasteiger charge is -2.30. The van der Waals surface area contributed by atoms with Gasteiger partial charge in [-0.05, 0) is 48.7 Å². The van der Waals surface area contributed by atoms with Gasteiger partial charge in [0.2, 0.25) is 0 Å². The van der Waals surface area contributed by atoms with Crippen molar-refractivity contribution in [3.05, 3.63) is 72.1 Å². The van der Waals surface area contributed by atoms with Gasteiger partial charge < -0.3 is 19.9 Å². The number of nitrogens with one attached hydrogen (secondary N) is 4. The van der Waals surface area contributed by atoms with Gasteiger partial charge in [-0.2, -0.15) is 0 Å². The van der Waals surface area contributed by atoms with Gasteiger partial charge in [0.25, 0.3) is 5.91 Å². The number of carbonyl (C=O) groups is 1. The highest BCUT2D eigenvalue weighted by molar-refractivity contribution is 5.98. The monoisotopic (exact) mass is 497 g/mol. The molecule has 37 heavy (non-hydrogen) atoms. The molecule has 0 saturated carbocycles. The number of rotatable bonds is 6. The Morgan fingerprint density at radius 2 is 1.81 bits per heavy atom. The van der Waals surface area contributed by atoms with E-state index in [9.17, 15) is 4.79 Å². The number of hydrazine groups is 1. The standard InChI is InChI=1S/C28H31N7O2/c1-35(23-9-12-37-13-10-23)28(36)25-14-19-2-3-20(15-24(19)33-25)27-29-11-8-26(34-27)32-22-6-4-18(5-7-22)21-16-30-31-17-21/h2-8,11,14-15,21,23,30-31,33H,9-10,12-13,16-17H2,1H3,(H,29,32,34). The molecule has 1 amide bonds. The second-order valence-corrected chi connectivity index (χ2v) is 9.72. The number of ether oxygens (including phenoxy) is 1. The van der Waals surface area contributed by atoms with Gasteiger partial charge in [0, 0.05) is 73.7 Å². The molecule has 9 heteroatoms. The van der Waals surface area contributed by atoms with E-state index in [-0.39, 0.29) is 11.9 Å². The van der Waals surface area contributed by atoms with E-state index in [1.807, 2.05) is 42.3 Å². The minimum absolute atomic E-state index is 0.00132. The third-order valence-electron chi connectivity index (χ3n) is 7.30. The molecule has 6 rings (SSSR count). The van der Waals surface area contributed by atoms with Gasteiger partial charge in [-0.3, -0.25) is 15.6 Å². The normalized spacial score (nSPS) is 16.8. The summed E-state index contributed by atoms with van der Waals surface area (Å²) in [4.78, 5) is 27.5. The van der Waals surface area contributed by atoms with Crippen molar-refractivity contribution in [1.29, 1.82) is 0 Å². The number of benzene rings is 2. The van der Waals surface area contributed by atoms with Gasteiger partial charge >= 0.3 is 0 Å². The van der Waals surface area contributed by atoms with Crippen LogP contribution in [0.15, 0.2) is 60.8 Å². The zero-order chi connectivity index (χ0) is 25.2. The molecule has 4 aromatic rings. The van der Waals surface area contributed by atoms with Crippen LogP contribution in [0.3, 0.4) is 0 Å². The van der Waals surface area contributed by atoms with Crippen molar-refractivity contribution in [2.75, 3.05) is 38.7 Å². The molecule has 9 nitrogen and oxygen atoms in total. The molecule has 0 radical (unpaired) electrons. The zero-order valence-corrected chi connectivity index (χ0v) is 20.8. The van der Waals surface area contributed by atoms with E-state index in [0.29, 0.717) is 30.7 Å². The van der Waals surface area contributed by atoms with Gasteiger partial charge in [0.1, 0.15) is 11.5 Å². The number of hydrogen-bond donors (Lipinski definition) is 4. The van der Waals surface area contributed by atoms with Crippen molar-refractivity contribution in [3.8, 4) is 11.4 Å². The number of aromatic amines is 1. The molecule has 2 saturated heterocycles. The fraction of sp³-hybridized carbons (Fsp3) is 0.321. The lowest BCUT2D eigenvalue weighted by atomic mass is 10.0. The molecular weight excluding hydrogens is 466 g/mol. The Bertz CT molecular complexity index is 1390. The van der Waals surface area contributed by atoms with Crippen molar-refractivity contribution >= 4 is 28.3 Å². The summed E-state index contributed by atoms with van der Waals surface area (Å²) in [5, 5.41) is 4.36. The topological polar surface area (TPSA) is 107 Å². The Balaban J connectivity index is 1.18. The van der Waals surface area contributed by atoms with Crippen molar-refractivity contribution in [3.63, 3.8) is 0 Å². The average molecular weight is 498 g/mol. The highest BCUT2D eigenvalue weighted by Crippen LogP contribution is 2.26. The Morgan fingerprint density at radius 3 is 2.59 bits per heavy atom. The summed E-state index contributed by atoms with van der Waals surface area (Å²) in [7, 11) is 1.87. The van der Waals surface area contributed by atoms with Crippen LogP contribution in [0.5, 0.6) is 0 Å². The Morgan fingerprint density at radius 1 is 1.03 bits per heavy atom. The predicted octanol–water partition coefficient (Wildman–Crippen LogP) is 3.81. The molecule has 4 N–H and O–H groups in total. The third-order valence-corrected chi connectivity index (χ3v) is 7.30. The zero-order valence-electron chi connectivity index (χ0n) is 20.8. The first-order chi connectivity index (χ1) is 18.1. The Hall–Kier alpha value is -3.79. The summed E-state index contributed by atoms with van der Waals surface area (Å²) >= 11 is 0. The molecule has 2 aromatic heterocycles. The third kappa shape index (κ3) is 5.06. The second kappa shape index (κ2) is 10.3. The molecule has 0 bridgehead atoms. The maximum atomic E-state index is 13.1. The number of amides is 1. The average Bonchev–Trinajstić information content (AvgIpc) is 3.63. The van der Waals surface area contributed by atoms with Gasteiger partial charge in [-0.15, -0.1) is 0 Å². The molecule has 0 spiro atoms. The largest absolute Gasteiger partial charge is 0.381 e. The molecular formula is C28H31N7O2. The fourth-order valence-electron chi connectivity index (χ4n) is 5.06. The van der Waals surface area contributed by atoms with Crippen LogP contribution in [-0.4, -0.2) is 65.2 Å². The number of H-pyrrole nitrogens is 1. The minimum Gasteiger partial charge on any atom is -0.381 e. The first-order valence-corrected chi connectivity index (χ1v) is 12.8. The number of anilines is 2. The molecule has 4 heterocycles. The maximum Gasteiger partial charge on any atom is 0.270 e. The van der Waals surface area contributed by atoms with Crippen molar-refractivity contribution < 1.29 is 9.53 Å². The minimum atomic E-state index is -0.00132. The van der Waals surface area contributed by atoms with Gasteiger partial charge in [-0.25, -0.2) is 9.97 Å². The number of carbonyl (C=O) groups excluding carboxylic acids is 1. The van der Waals surface area contributed by atoms with Crippen LogP contribution in [0.1, 0.15) is 34.8 Å². The van der Waals surface area contributed by atoms with E-state index in [1.165, 1.54) is 5.56 Å². The SMILES string of the molecule is CN(C(=O)c1cc2ccc(-c3nccc(Nc4ccc(C5CNNC5)cc4)n3)cc2[nH]1)C1CCOCC1. The Kier molecular flexibility index (Phi) is 6.57. The molecule has 190 valence electrons. The van der Waals surface area contributed by atoms with Crippen LogP contribution in [-0.2, 0) is 4.74 Å². The van der Waals surface area contributed by atoms with Gasteiger partial charge in [-0.1, -0.05) is 24.3 Å². The summed E-state index contributed by atoms with van der Waals surface area (Å²) in [6.07, 6.45) is 3.49. The molecule has 0 atom stereocenters. The molecule has 2 aromatic carbocycles. The molecule has 0 unspecified atom stereocenters. The first kappa shape index (κ1) is 23.6. The summed E-state index contributed by atoms with van der Waals surface area (Å²) in [5.41, 5.74) is 11.0. The smallest absolute Gasteiger partial charge is 0.270 e. The van der Waals surface area contributed by atoms with Crippen LogP contribution < -0.4 is 16.2 Å². The van der Waals surface area contributed by atoms with Crippen molar-refractivity contribution in [2.45, 2.75) is 24.8 Å². The number of aromatic nitrogens is 3. The van der Waals surface area contributed by atoms with E-state index < -0.39 is 0 Å². The van der Waals surface area contributed by atoms with Gasteiger partial charge in [0.15, 0.2) is 5.82 Å². The molecule has 2 aliphatic rings. The van der Waals surface area contributed by atoms with Crippen LogP contribution in [0.2, 0.25) is 0 Å². The lowest BCUT2D eigenvalue weighted by Crippen LogP contribution is -2.40. The van der Waals surface area contributed by atoms with E-state index in [2.05, 4.69) is 50.4 Å². The second-order valence-electron chi connectivity index (χ2n) is 9.72. The maximum absolute atomic E-state index is 13.1. The molecule has 2 aliphatic heterocycles. The van der Waals surface area contributed by atoms with Crippen molar-refractivity contribution in [1.82, 2.24) is 30.7 Å². The van der Waals surface area contributed by atoms with E-state index in [0.717, 1.165) is 53.9 Å². The van der Waals surface area contributed by atoms with Crippen LogP contribution in [0, 0.1) is 0 Å². The first-order valence-electron chi connectivity index (χ1n) is 12.8. The summed E-state index contributed by atoms with van der Waals surface area (Å²) in [6.45, 7) is 3.28. The summed E-state index contributed by atoms with van der Waals surface area (Å²) < 4.78 is 5.44. The summed E-state index contributed by atoms with van der Waals surface area (Å²) in [5.74, 6) is 1.83. The van der Waals surface area contributed by atoms with E-state index in [4.69, 9.17) is 9.72 Å². The van der Waals surface area contributed by atoms with E-state index >= 15 is 0 Å². The van der Waals surface area contributed by atoms with Crippen molar-refractivity contribution in [2.24, 2.45) is 0 Å². The van der Waals surface area contributed by atoms with Gasteiger partial charge in [0.05, 0.1) is 0 Å². The highest BCUT2D eigenvalue weighted by Gasteiger charge is 2.24. The van der Waals surface area contributed by atoms with Crippen LogP contribution in [0.4, 0.5) is 11.5 Å². The Labute approximate surface area is 215 Å². The summed E-state index contributed by atoms with van der Waals surface area (Å²) in [6, 6.07) is 18.4. The molecule has 0 aliphatic carbocycles. The van der Waals surface area contributed by atoms with E-state index in [1.54, 1.807) is 6.20 Å². The predicted molar refractivity (Wildman–Crippen MR) is 144 cm³/mol. The number of nitrogens with zero attached hydrogens (tertiary/aromatic N) is 3. The van der Waals surface area contributed by atoms with Crippen LogP contribution in [0.25, 0.3) is 22.3 Å². The number of fused-ring (bicyclic) bond motifs is 1. The number of hydrogen-bond acceptors (Lipinski definition) is 7.